The number of hydrogen-bond donors (Lipinski definition) is 2. The molecule has 2 aromatic heterocycles. The van der Waals surface area contributed by atoms with E-state index in [1.807, 2.05) is 0 Å². The van der Waals surface area contributed by atoms with Gasteiger partial charge in [-0.1, -0.05) is 26.8 Å². The summed E-state index contributed by atoms with van der Waals surface area (Å²) in [5.74, 6) is 2.28. The molecule has 0 radical (unpaired) electrons. The van der Waals surface area contributed by atoms with E-state index in [0.29, 0.717) is 12.4 Å². The standard InChI is InChI=1S/C16H24N4OS/c1-11(12-7-6-8-22-12)20-15(17-5)19-10-14-18-9-13(21-14)16(2,3)4/h6-9,11H,10H2,1-5H3,(H2,17,19,20). The third-order valence-corrected chi connectivity index (χ3v) is 4.30. The molecule has 0 aliphatic carbocycles. The molecule has 0 spiro atoms. The zero-order valence-corrected chi connectivity index (χ0v) is 14.6. The number of thiophene rings is 1. The molecule has 0 aliphatic rings. The summed E-state index contributed by atoms with van der Waals surface area (Å²) in [4.78, 5) is 9.82. The van der Waals surface area contributed by atoms with Crippen molar-refractivity contribution >= 4 is 17.3 Å². The molecule has 0 fully saturated rings. The summed E-state index contributed by atoms with van der Waals surface area (Å²) in [5.41, 5.74) is -0.0289. The van der Waals surface area contributed by atoms with Crippen LogP contribution < -0.4 is 10.6 Å². The molecule has 2 rings (SSSR count). The summed E-state index contributed by atoms with van der Waals surface area (Å²) < 4.78 is 5.77. The van der Waals surface area contributed by atoms with Gasteiger partial charge in [0, 0.05) is 17.3 Å². The molecule has 0 aromatic carbocycles. The third-order valence-electron chi connectivity index (χ3n) is 3.25. The average Bonchev–Trinajstić information content (AvgIpc) is 3.12. The fraction of sp³-hybridized carbons (Fsp3) is 0.500. The maximum atomic E-state index is 5.77. The highest BCUT2D eigenvalue weighted by molar-refractivity contribution is 7.10. The van der Waals surface area contributed by atoms with Crippen molar-refractivity contribution in [2.24, 2.45) is 4.99 Å². The van der Waals surface area contributed by atoms with Gasteiger partial charge in [-0.05, 0) is 18.4 Å². The van der Waals surface area contributed by atoms with Crippen LogP contribution in [0.4, 0.5) is 0 Å². The number of aromatic nitrogens is 1. The molecule has 0 aliphatic heterocycles. The number of guanidine groups is 1. The molecule has 0 bridgehead atoms. The van der Waals surface area contributed by atoms with E-state index in [0.717, 1.165) is 11.7 Å². The van der Waals surface area contributed by atoms with Crippen LogP contribution in [-0.2, 0) is 12.0 Å². The molecular weight excluding hydrogens is 296 g/mol. The SMILES string of the molecule is CN=C(NCc1ncc(C(C)(C)C)o1)NC(C)c1cccs1. The van der Waals surface area contributed by atoms with E-state index in [1.54, 1.807) is 24.6 Å². The zero-order valence-electron chi connectivity index (χ0n) is 13.8. The molecule has 5 nitrogen and oxygen atoms in total. The maximum Gasteiger partial charge on any atom is 0.213 e. The molecule has 6 heteroatoms. The second kappa shape index (κ2) is 6.96. The monoisotopic (exact) mass is 320 g/mol. The normalized spacial score (nSPS) is 14.0. The van der Waals surface area contributed by atoms with Crippen LogP contribution in [0.15, 0.2) is 33.1 Å². The molecule has 0 amide bonds. The second-order valence-electron chi connectivity index (χ2n) is 6.18. The van der Waals surface area contributed by atoms with Gasteiger partial charge in [-0.25, -0.2) is 4.98 Å². The first-order valence-corrected chi connectivity index (χ1v) is 8.24. The van der Waals surface area contributed by atoms with E-state index in [-0.39, 0.29) is 11.5 Å². The average molecular weight is 320 g/mol. The molecule has 2 N–H and O–H groups in total. The Morgan fingerprint density at radius 3 is 2.77 bits per heavy atom. The van der Waals surface area contributed by atoms with Gasteiger partial charge in [0.1, 0.15) is 5.76 Å². The summed E-state index contributed by atoms with van der Waals surface area (Å²) in [6, 6.07) is 4.37. The lowest BCUT2D eigenvalue weighted by molar-refractivity contribution is 0.379. The Kier molecular flexibility index (Phi) is 5.24. The van der Waals surface area contributed by atoms with Gasteiger partial charge in [-0.2, -0.15) is 0 Å². The number of nitrogens with zero attached hydrogens (tertiary/aromatic N) is 2. The van der Waals surface area contributed by atoms with E-state index >= 15 is 0 Å². The van der Waals surface area contributed by atoms with Crippen LogP contribution in [0.3, 0.4) is 0 Å². The zero-order chi connectivity index (χ0) is 16.2. The van der Waals surface area contributed by atoms with Crippen LogP contribution in [0.5, 0.6) is 0 Å². The van der Waals surface area contributed by atoms with Crippen molar-refractivity contribution in [1.29, 1.82) is 0 Å². The lowest BCUT2D eigenvalue weighted by Gasteiger charge is -2.16. The van der Waals surface area contributed by atoms with E-state index in [2.05, 4.69) is 65.8 Å². The van der Waals surface area contributed by atoms with Crippen LogP contribution in [0.25, 0.3) is 0 Å². The molecule has 22 heavy (non-hydrogen) atoms. The Bertz CT molecular complexity index is 610. The highest BCUT2D eigenvalue weighted by atomic mass is 32.1. The highest BCUT2D eigenvalue weighted by Gasteiger charge is 2.19. The number of hydrogen-bond acceptors (Lipinski definition) is 4. The van der Waals surface area contributed by atoms with Crippen LogP contribution in [0, 0.1) is 0 Å². The lowest BCUT2D eigenvalue weighted by Crippen LogP contribution is -2.38. The van der Waals surface area contributed by atoms with Crippen LogP contribution in [-0.4, -0.2) is 18.0 Å². The molecule has 120 valence electrons. The van der Waals surface area contributed by atoms with Crippen molar-refractivity contribution in [2.75, 3.05) is 7.05 Å². The van der Waals surface area contributed by atoms with Gasteiger partial charge in [-0.3, -0.25) is 4.99 Å². The summed E-state index contributed by atoms with van der Waals surface area (Å²) in [6.07, 6.45) is 1.79. The van der Waals surface area contributed by atoms with E-state index in [1.165, 1.54) is 4.88 Å². The Morgan fingerprint density at radius 2 is 2.23 bits per heavy atom. The lowest BCUT2D eigenvalue weighted by atomic mass is 9.94. The summed E-state index contributed by atoms with van der Waals surface area (Å²) in [7, 11) is 1.76. The molecule has 2 aromatic rings. The minimum atomic E-state index is -0.0289. The van der Waals surface area contributed by atoms with Gasteiger partial charge >= 0.3 is 0 Å². The van der Waals surface area contributed by atoms with Crippen LogP contribution >= 0.6 is 11.3 Å². The van der Waals surface area contributed by atoms with Crippen LogP contribution in [0.1, 0.15) is 50.3 Å². The first-order valence-electron chi connectivity index (χ1n) is 7.36. The topological polar surface area (TPSA) is 62.5 Å². The molecule has 0 saturated heterocycles. The van der Waals surface area contributed by atoms with Crippen molar-refractivity contribution in [1.82, 2.24) is 15.6 Å². The second-order valence-corrected chi connectivity index (χ2v) is 7.15. The maximum absolute atomic E-state index is 5.77. The van der Waals surface area contributed by atoms with Crippen molar-refractivity contribution in [3.63, 3.8) is 0 Å². The van der Waals surface area contributed by atoms with Gasteiger partial charge in [0.2, 0.25) is 5.89 Å². The number of nitrogens with one attached hydrogen (secondary N) is 2. The Morgan fingerprint density at radius 1 is 1.45 bits per heavy atom. The first kappa shape index (κ1) is 16.5. The van der Waals surface area contributed by atoms with E-state index in [9.17, 15) is 0 Å². The van der Waals surface area contributed by atoms with Crippen LogP contribution in [0.2, 0.25) is 0 Å². The fourth-order valence-corrected chi connectivity index (χ4v) is 2.64. The molecule has 1 atom stereocenters. The summed E-state index contributed by atoms with van der Waals surface area (Å²) in [5, 5.41) is 8.66. The van der Waals surface area contributed by atoms with E-state index < -0.39 is 0 Å². The molecule has 0 saturated carbocycles. The van der Waals surface area contributed by atoms with Crippen molar-refractivity contribution in [3.05, 3.63) is 40.2 Å². The largest absolute Gasteiger partial charge is 0.443 e. The van der Waals surface area contributed by atoms with Gasteiger partial charge in [0.05, 0.1) is 18.8 Å². The van der Waals surface area contributed by atoms with Crippen molar-refractivity contribution < 1.29 is 4.42 Å². The summed E-state index contributed by atoms with van der Waals surface area (Å²) >= 11 is 1.73. The Hall–Kier alpha value is -1.82. The van der Waals surface area contributed by atoms with Gasteiger partial charge in [0.25, 0.3) is 0 Å². The Labute approximate surface area is 135 Å². The number of oxazole rings is 1. The minimum absolute atomic E-state index is 0.0289. The Balaban J connectivity index is 1.90. The van der Waals surface area contributed by atoms with E-state index in [4.69, 9.17) is 4.42 Å². The van der Waals surface area contributed by atoms with Gasteiger partial charge in [0.15, 0.2) is 5.96 Å². The highest BCUT2D eigenvalue weighted by Crippen LogP contribution is 2.22. The van der Waals surface area contributed by atoms with Gasteiger partial charge < -0.3 is 15.1 Å². The minimum Gasteiger partial charge on any atom is -0.443 e. The van der Waals surface area contributed by atoms with Crippen molar-refractivity contribution in [3.8, 4) is 0 Å². The molecule has 2 heterocycles. The predicted molar refractivity (Wildman–Crippen MR) is 91.3 cm³/mol. The fourth-order valence-electron chi connectivity index (χ4n) is 1.91. The third kappa shape index (κ3) is 4.34. The molecular formula is C16H24N4OS. The van der Waals surface area contributed by atoms with Crippen molar-refractivity contribution in [2.45, 2.75) is 45.7 Å². The molecule has 1 unspecified atom stereocenters. The predicted octanol–water partition coefficient (Wildman–Crippen LogP) is 3.46. The number of aliphatic imine (C=N–C) groups is 1. The number of rotatable bonds is 4. The smallest absolute Gasteiger partial charge is 0.213 e. The van der Waals surface area contributed by atoms with Gasteiger partial charge in [-0.15, -0.1) is 11.3 Å². The quantitative estimate of drug-likeness (QED) is 0.669. The summed E-state index contributed by atoms with van der Waals surface area (Å²) in [6.45, 7) is 8.93. The first-order chi connectivity index (χ1) is 10.4.